The summed E-state index contributed by atoms with van der Waals surface area (Å²) in [6, 6.07) is 7.82. The van der Waals surface area contributed by atoms with Crippen LogP contribution >= 0.6 is 0 Å². The standard InChI is InChI=1S/C13H18N4O/c1-3-14-9-11-10-17(16-15-11)12-6-5-7-13(8-12)18-4-2/h5-8,10,14H,3-4,9H2,1-2H3. The normalized spacial score (nSPS) is 10.6. The van der Waals surface area contributed by atoms with E-state index in [9.17, 15) is 0 Å². The lowest BCUT2D eigenvalue weighted by Crippen LogP contribution is -2.11. The van der Waals surface area contributed by atoms with Gasteiger partial charge in [0.1, 0.15) is 5.75 Å². The van der Waals surface area contributed by atoms with E-state index < -0.39 is 0 Å². The first kappa shape index (κ1) is 12.6. The Morgan fingerprint density at radius 2 is 2.22 bits per heavy atom. The van der Waals surface area contributed by atoms with E-state index in [0.717, 1.165) is 30.2 Å². The highest BCUT2D eigenvalue weighted by molar-refractivity contribution is 5.38. The maximum absolute atomic E-state index is 5.47. The number of nitrogens with one attached hydrogen (secondary N) is 1. The average Bonchev–Trinajstić information content (AvgIpc) is 2.86. The lowest BCUT2D eigenvalue weighted by Gasteiger charge is -2.05. The molecule has 0 radical (unpaired) electrons. The fourth-order valence-electron chi connectivity index (χ4n) is 1.64. The Labute approximate surface area is 107 Å². The first-order valence-electron chi connectivity index (χ1n) is 6.18. The summed E-state index contributed by atoms with van der Waals surface area (Å²) in [6.45, 7) is 6.35. The predicted octanol–water partition coefficient (Wildman–Crippen LogP) is 1.78. The minimum Gasteiger partial charge on any atom is -0.494 e. The quantitative estimate of drug-likeness (QED) is 0.844. The lowest BCUT2D eigenvalue weighted by molar-refractivity contribution is 0.340. The zero-order valence-electron chi connectivity index (χ0n) is 10.8. The van der Waals surface area contributed by atoms with Crippen molar-refractivity contribution in [2.75, 3.05) is 13.2 Å². The summed E-state index contributed by atoms with van der Waals surface area (Å²) >= 11 is 0. The molecule has 0 aliphatic heterocycles. The molecule has 0 aliphatic carbocycles. The molecule has 1 aromatic carbocycles. The van der Waals surface area contributed by atoms with Crippen molar-refractivity contribution in [2.24, 2.45) is 0 Å². The molecule has 1 aromatic heterocycles. The Hall–Kier alpha value is -1.88. The van der Waals surface area contributed by atoms with Crippen LogP contribution in [0.25, 0.3) is 5.69 Å². The molecule has 0 atom stereocenters. The van der Waals surface area contributed by atoms with Crippen molar-refractivity contribution in [2.45, 2.75) is 20.4 Å². The highest BCUT2D eigenvalue weighted by Gasteiger charge is 2.03. The van der Waals surface area contributed by atoms with Crippen molar-refractivity contribution >= 4 is 0 Å². The van der Waals surface area contributed by atoms with Gasteiger partial charge in [0.2, 0.25) is 0 Å². The van der Waals surface area contributed by atoms with Crippen LogP contribution in [0.5, 0.6) is 5.75 Å². The van der Waals surface area contributed by atoms with Crippen LogP contribution in [0.2, 0.25) is 0 Å². The van der Waals surface area contributed by atoms with Crippen LogP contribution in [-0.4, -0.2) is 28.1 Å². The molecule has 0 amide bonds. The van der Waals surface area contributed by atoms with Crippen molar-refractivity contribution in [3.8, 4) is 11.4 Å². The molecule has 2 rings (SSSR count). The van der Waals surface area contributed by atoms with E-state index in [1.807, 2.05) is 37.4 Å². The van der Waals surface area contributed by atoms with Crippen LogP contribution in [0, 0.1) is 0 Å². The van der Waals surface area contributed by atoms with Crippen LogP contribution in [0.3, 0.4) is 0 Å². The van der Waals surface area contributed by atoms with Gasteiger partial charge < -0.3 is 10.1 Å². The second-order valence-corrected chi connectivity index (χ2v) is 3.87. The van der Waals surface area contributed by atoms with Crippen molar-refractivity contribution in [3.63, 3.8) is 0 Å². The Morgan fingerprint density at radius 3 is 3.00 bits per heavy atom. The van der Waals surface area contributed by atoms with Crippen LogP contribution < -0.4 is 10.1 Å². The van der Waals surface area contributed by atoms with E-state index in [-0.39, 0.29) is 0 Å². The second kappa shape index (κ2) is 6.16. The molecule has 0 unspecified atom stereocenters. The molecule has 0 saturated heterocycles. The van der Waals surface area contributed by atoms with Crippen LogP contribution in [0.1, 0.15) is 19.5 Å². The summed E-state index contributed by atoms with van der Waals surface area (Å²) in [4.78, 5) is 0. The Kier molecular flexibility index (Phi) is 4.30. The van der Waals surface area contributed by atoms with E-state index in [2.05, 4.69) is 22.6 Å². The monoisotopic (exact) mass is 246 g/mol. The van der Waals surface area contributed by atoms with E-state index >= 15 is 0 Å². The van der Waals surface area contributed by atoms with Gasteiger partial charge in [-0.25, -0.2) is 4.68 Å². The van der Waals surface area contributed by atoms with Gasteiger partial charge in [0.15, 0.2) is 0 Å². The zero-order chi connectivity index (χ0) is 12.8. The molecule has 0 saturated carbocycles. The third-order valence-electron chi connectivity index (χ3n) is 2.49. The Balaban J connectivity index is 2.15. The summed E-state index contributed by atoms with van der Waals surface area (Å²) in [7, 11) is 0. The molecule has 5 nitrogen and oxygen atoms in total. The van der Waals surface area contributed by atoms with Crippen molar-refractivity contribution in [1.82, 2.24) is 20.3 Å². The largest absolute Gasteiger partial charge is 0.494 e. The Bertz CT molecular complexity index is 495. The maximum atomic E-state index is 5.47. The molecule has 0 bridgehead atoms. The van der Waals surface area contributed by atoms with Gasteiger partial charge >= 0.3 is 0 Å². The van der Waals surface area contributed by atoms with Gasteiger partial charge in [-0.05, 0) is 25.6 Å². The van der Waals surface area contributed by atoms with Gasteiger partial charge in [-0.3, -0.25) is 0 Å². The fourth-order valence-corrected chi connectivity index (χ4v) is 1.64. The van der Waals surface area contributed by atoms with Gasteiger partial charge in [0.25, 0.3) is 0 Å². The second-order valence-electron chi connectivity index (χ2n) is 3.87. The summed E-state index contributed by atoms with van der Waals surface area (Å²) in [6.07, 6.45) is 1.92. The molecule has 0 aliphatic rings. The number of aromatic nitrogens is 3. The summed E-state index contributed by atoms with van der Waals surface area (Å²) in [5.41, 5.74) is 1.88. The first-order chi connectivity index (χ1) is 8.83. The van der Waals surface area contributed by atoms with Crippen LogP contribution in [0.4, 0.5) is 0 Å². The van der Waals surface area contributed by atoms with Gasteiger partial charge in [-0.15, -0.1) is 5.10 Å². The molecule has 0 fully saturated rings. The molecule has 2 aromatic rings. The molecule has 18 heavy (non-hydrogen) atoms. The van der Waals surface area contributed by atoms with Crippen molar-refractivity contribution in [1.29, 1.82) is 0 Å². The highest BCUT2D eigenvalue weighted by atomic mass is 16.5. The number of rotatable bonds is 6. The van der Waals surface area contributed by atoms with Gasteiger partial charge in [0, 0.05) is 12.6 Å². The third kappa shape index (κ3) is 3.07. The molecule has 0 spiro atoms. The SMILES string of the molecule is CCNCc1cn(-c2cccc(OCC)c2)nn1. The molecule has 1 N–H and O–H groups in total. The number of hydrogen-bond acceptors (Lipinski definition) is 4. The van der Waals surface area contributed by atoms with Crippen molar-refractivity contribution < 1.29 is 4.74 Å². The zero-order valence-corrected chi connectivity index (χ0v) is 10.8. The summed E-state index contributed by atoms with van der Waals surface area (Å²) in [5.74, 6) is 0.846. The van der Waals surface area contributed by atoms with Crippen molar-refractivity contribution in [3.05, 3.63) is 36.2 Å². The summed E-state index contributed by atoms with van der Waals surface area (Å²) < 4.78 is 7.22. The number of hydrogen-bond donors (Lipinski definition) is 1. The van der Waals surface area contributed by atoms with E-state index in [1.54, 1.807) is 4.68 Å². The van der Waals surface area contributed by atoms with E-state index in [1.165, 1.54) is 0 Å². The molecule has 96 valence electrons. The number of ether oxygens (including phenoxy) is 1. The third-order valence-corrected chi connectivity index (χ3v) is 2.49. The predicted molar refractivity (Wildman–Crippen MR) is 69.9 cm³/mol. The molecular formula is C13H18N4O. The van der Waals surface area contributed by atoms with Crippen LogP contribution in [-0.2, 0) is 6.54 Å². The number of nitrogens with zero attached hydrogens (tertiary/aromatic N) is 3. The molecule has 5 heteroatoms. The summed E-state index contributed by atoms with van der Waals surface area (Å²) in [5, 5.41) is 11.4. The van der Waals surface area contributed by atoms with Gasteiger partial charge in [-0.2, -0.15) is 0 Å². The highest BCUT2D eigenvalue weighted by Crippen LogP contribution is 2.16. The van der Waals surface area contributed by atoms with Gasteiger partial charge in [0.05, 0.1) is 24.2 Å². The minimum absolute atomic E-state index is 0.659. The van der Waals surface area contributed by atoms with E-state index in [4.69, 9.17) is 4.74 Å². The van der Waals surface area contributed by atoms with Gasteiger partial charge in [-0.1, -0.05) is 18.2 Å². The fraction of sp³-hybridized carbons (Fsp3) is 0.385. The minimum atomic E-state index is 0.659. The maximum Gasteiger partial charge on any atom is 0.121 e. The smallest absolute Gasteiger partial charge is 0.121 e. The topological polar surface area (TPSA) is 52.0 Å². The van der Waals surface area contributed by atoms with Crippen LogP contribution in [0.15, 0.2) is 30.5 Å². The molecule has 1 heterocycles. The molecular weight excluding hydrogens is 228 g/mol. The Morgan fingerprint density at radius 1 is 1.33 bits per heavy atom. The average molecular weight is 246 g/mol. The lowest BCUT2D eigenvalue weighted by atomic mass is 10.3. The van der Waals surface area contributed by atoms with E-state index in [0.29, 0.717) is 6.61 Å². The first-order valence-corrected chi connectivity index (χ1v) is 6.18. The number of benzene rings is 1.